The van der Waals surface area contributed by atoms with Gasteiger partial charge in [0.1, 0.15) is 12.3 Å². The van der Waals surface area contributed by atoms with Crippen molar-refractivity contribution in [3.05, 3.63) is 29.8 Å². The third kappa shape index (κ3) is 8.64. The van der Waals surface area contributed by atoms with Gasteiger partial charge in [-0.3, -0.25) is 9.69 Å². The first-order valence-corrected chi connectivity index (χ1v) is 10.4. The number of benzene rings is 1. The Morgan fingerprint density at radius 1 is 1.17 bits per heavy atom. The molecule has 2 rings (SSSR count). The number of amides is 1. The topological polar surface area (TPSA) is 32.8 Å². The Labute approximate surface area is 172 Å². The van der Waals surface area contributed by atoms with Crippen molar-refractivity contribution in [3.63, 3.8) is 0 Å². The molecule has 0 radical (unpaired) electrons. The van der Waals surface area contributed by atoms with Crippen LogP contribution in [0.25, 0.3) is 0 Å². The molecule has 1 saturated heterocycles. The summed E-state index contributed by atoms with van der Waals surface area (Å²) in [5.74, 6) is 0.823. The van der Waals surface area contributed by atoms with E-state index in [0.29, 0.717) is 19.6 Å². The Hall–Kier alpha value is -1.76. The first kappa shape index (κ1) is 23.5. The Morgan fingerprint density at radius 2 is 1.83 bits per heavy atom. The third-order valence-corrected chi connectivity index (χ3v) is 5.12. The summed E-state index contributed by atoms with van der Waals surface area (Å²) in [5.41, 5.74) is 1.10. The largest absolute Gasteiger partial charge is 0.494 e. The molecule has 0 unspecified atom stereocenters. The number of nitrogens with zero attached hydrogens (tertiary/aromatic N) is 2. The summed E-state index contributed by atoms with van der Waals surface area (Å²) in [5, 5.41) is 0. The maximum atomic E-state index is 12.4. The van der Waals surface area contributed by atoms with Crippen LogP contribution in [-0.4, -0.2) is 55.2 Å². The van der Waals surface area contributed by atoms with Gasteiger partial charge in [0.15, 0.2) is 0 Å². The number of carbonyl (C=O) groups excluding carboxylic acids is 1. The Bertz CT molecular complexity index is 626. The zero-order chi connectivity index (χ0) is 21.4. The van der Waals surface area contributed by atoms with Crippen LogP contribution < -0.4 is 4.74 Å². The van der Waals surface area contributed by atoms with E-state index in [1.807, 2.05) is 24.3 Å². The summed E-state index contributed by atoms with van der Waals surface area (Å²) in [6.45, 7) is 5.68. The van der Waals surface area contributed by atoms with Crippen LogP contribution in [-0.2, 0) is 11.3 Å². The zero-order valence-corrected chi connectivity index (χ0v) is 17.7. The molecular formula is C22H33F3N2O2. The molecule has 29 heavy (non-hydrogen) atoms. The molecule has 7 heteroatoms. The van der Waals surface area contributed by atoms with Crippen LogP contribution in [0.4, 0.5) is 13.2 Å². The van der Waals surface area contributed by atoms with Crippen molar-refractivity contribution in [1.29, 1.82) is 0 Å². The maximum absolute atomic E-state index is 12.4. The van der Waals surface area contributed by atoms with Gasteiger partial charge in [0.05, 0.1) is 12.5 Å². The van der Waals surface area contributed by atoms with Crippen LogP contribution in [0, 0.1) is 11.8 Å². The second-order valence-electron chi connectivity index (χ2n) is 8.44. The molecule has 0 aromatic heterocycles. The molecule has 1 aliphatic heterocycles. The first-order valence-electron chi connectivity index (χ1n) is 10.4. The van der Waals surface area contributed by atoms with Gasteiger partial charge in [0.2, 0.25) is 5.91 Å². The second-order valence-corrected chi connectivity index (χ2v) is 8.44. The van der Waals surface area contributed by atoms with Crippen molar-refractivity contribution in [3.8, 4) is 5.75 Å². The highest BCUT2D eigenvalue weighted by molar-refractivity contribution is 5.80. The molecule has 1 aliphatic rings. The number of likely N-dealkylation sites (tertiary alicyclic amines) is 1. The molecule has 1 aromatic rings. The highest BCUT2D eigenvalue weighted by atomic mass is 19.4. The fourth-order valence-corrected chi connectivity index (χ4v) is 3.48. The van der Waals surface area contributed by atoms with Crippen LogP contribution in [0.15, 0.2) is 24.3 Å². The second kappa shape index (κ2) is 10.9. The van der Waals surface area contributed by atoms with E-state index in [0.717, 1.165) is 35.2 Å². The lowest BCUT2D eigenvalue weighted by molar-refractivity contribution is -0.164. The number of hydrogen-bond donors (Lipinski definition) is 0. The molecule has 0 N–H and O–H groups in total. The van der Waals surface area contributed by atoms with E-state index in [4.69, 9.17) is 4.74 Å². The van der Waals surface area contributed by atoms with Gasteiger partial charge in [-0.1, -0.05) is 45.2 Å². The average molecular weight is 415 g/mol. The van der Waals surface area contributed by atoms with Crippen molar-refractivity contribution in [2.24, 2.45) is 11.8 Å². The average Bonchev–Trinajstić information content (AvgIpc) is 2.59. The van der Waals surface area contributed by atoms with E-state index in [1.54, 1.807) is 0 Å². The van der Waals surface area contributed by atoms with Crippen LogP contribution in [0.5, 0.6) is 5.75 Å². The number of unbranched alkanes of at least 4 members (excludes halogenated alkanes) is 2. The SMILES string of the molecule is CC(C)CCCCCOc1ccc(CN2CC(C(=O)N(C)CC(F)(F)F)C2)cc1. The van der Waals surface area contributed by atoms with Gasteiger partial charge >= 0.3 is 6.18 Å². The number of rotatable bonds is 11. The minimum Gasteiger partial charge on any atom is -0.494 e. The highest BCUT2D eigenvalue weighted by Gasteiger charge is 2.38. The fourth-order valence-electron chi connectivity index (χ4n) is 3.48. The maximum Gasteiger partial charge on any atom is 0.406 e. The molecule has 0 bridgehead atoms. The van der Waals surface area contributed by atoms with E-state index in [1.165, 1.54) is 26.3 Å². The van der Waals surface area contributed by atoms with Crippen molar-refractivity contribution in [1.82, 2.24) is 9.80 Å². The molecule has 1 fully saturated rings. The van der Waals surface area contributed by atoms with E-state index >= 15 is 0 Å². The molecule has 0 aliphatic carbocycles. The highest BCUT2D eigenvalue weighted by Crippen LogP contribution is 2.23. The number of alkyl halides is 3. The monoisotopic (exact) mass is 414 g/mol. The predicted octanol–water partition coefficient (Wildman–Crippen LogP) is 4.73. The molecule has 0 spiro atoms. The van der Waals surface area contributed by atoms with Gasteiger partial charge in [0.25, 0.3) is 0 Å². The van der Waals surface area contributed by atoms with Crippen LogP contribution >= 0.6 is 0 Å². The number of halogens is 3. The molecule has 1 amide bonds. The van der Waals surface area contributed by atoms with Gasteiger partial charge in [-0.25, -0.2) is 0 Å². The predicted molar refractivity (Wildman–Crippen MR) is 108 cm³/mol. The Balaban J connectivity index is 1.64. The molecule has 1 aromatic carbocycles. The summed E-state index contributed by atoms with van der Waals surface area (Å²) in [4.78, 5) is 14.9. The van der Waals surface area contributed by atoms with Gasteiger partial charge in [-0.05, 0) is 30.0 Å². The van der Waals surface area contributed by atoms with Crippen molar-refractivity contribution >= 4 is 5.91 Å². The van der Waals surface area contributed by atoms with Crippen molar-refractivity contribution in [2.75, 3.05) is 33.3 Å². The zero-order valence-electron chi connectivity index (χ0n) is 17.7. The summed E-state index contributed by atoms with van der Waals surface area (Å²) in [6, 6.07) is 7.89. The fraction of sp³-hybridized carbons (Fsp3) is 0.682. The minimum atomic E-state index is -4.36. The summed E-state index contributed by atoms with van der Waals surface area (Å²) in [6.07, 6.45) is 0.386. The van der Waals surface area contributed by atoms with E-state index < -0.39 is 18.6 Å². The summed E-state index contributed by atoms with van der Waals surface area (Å²) >= 11 is 0. The first-order chi connectivity index (χ1) is 13.6. The Kier molecular flexibility index (Phi) is 8.80. The van der Waals surface area contributed by atoms with E-state index in [-0.39, 0.29) is 5.92 Å². The lowest BCUT2D eigenvalue weighted by Gasteiger charge is -2.40. The standard InChI is InChI=1S/C22H33F3N2O2/c1-17(2)7-5-4-6-12-29-20-10-8-18(9-11-20)13-27-14-19(15-27)21(28)26(3)16-22(23,24)25/h8-11,17,19H,4-7,12-16H2,1-3H3. The molecule has 1 heterocycles. The van der Waals surface area contributed by atoms with Crippen LogP contribution in [0.1, 0.15) is 45.1 Å². The summed E-state index contributed by atoms with van der Waals surface area (Å²) < 4.78 is 43.0. The normalized spacial score (nSPS) is 15.4. The number of hydrogen-bond acceptors (Lipinski definition) is 3. The third-order valence-electron chi connectivity index (χ3n) is 5.12. The Morgan fingerprint density at radius 3 is 2.41 bits per heavy atom. The van der Waals surface area contributed by atoms with Crippen molar-refractivity contribution in [2.45, 2.75) is 52.3 Å². The van der Waals surface area contributed by atoms with Crippen LogP contribution in [0.2, 0.25) is 0 Å². The molecule has 0 atom stereocenters. The minimum absolute atomic E-state index is 0.347. The van der Waals surface area contributed by atoms with E-state index in [2.05, 4.69) is 18.7 Å². The number of carbonyl (C=O) groups is 1. The van der Waals surface area contributed by atoms with E-state index in [9.17, 15) is 18.0 Å². The lowest BCUT2D eigenvalue weighted by atomic mass is 9.97. The molecular weight excluding hydrogens is 381 g/mol. The van der Waals surface area contributed by atoms with Gasteiger partial charge in [-0.2, -0.15) is 13.2 Å². The van der Waals surface area contributed by atoms with Gasteiger partial charge in [0, 0.05) is 26.7 Å². The molecule has 164 valence electrons. The molecule has 0 saturated carbocycles. The lowest BCUT2D eigenvalue weighted by Crippen LogP contribution is -2.54. The van der Waals surface area contributed by atoms with Crippen LogP contribution in [0.3, 0.4) is 0 Å². The molecule has 4 nitrogen and oxygen atoms in total. The van der Waals surface area contributed by atoms with Gasteiger partial charge < -0.3 is 9.64 Å². The summed E-state index contributed by atoms with van der Waals surface area (Å²) in [7, 11) is 1.21. The number of ether oxygens (including phenoxy) is 1. The van der Waals surface area contributed by atoms with Gasteiger partial charge in [-0.15, -0.1) is 0 Å². The smallest absolute Gasteiger partial charge is 0.406 e. The quantitative estimate of drug-likeness (QED) is 0.491. The van der Waals surface area contributed by atoms with Crippen molar-refractivity contribution < 1.29 is 22.7 Å².